The maximum absolute atomic E-state index is 12.1. The van der Waals surface area contributed by atoms with Crippen LogP contribution in [0.4, 0.5) is 4.79 Å². The maximum atomic E-state index is 12.1. The third kappa shape index (κ3) is 7.19. The number of hydrogen-bond donors (Lipinski definition) is 1. The van der Waals surface area contributed by atoms with Crippen LogP contribution in [0.2, 0.25) is 5.02 Å². The van der Waals surface area contributed by atoms with Crippen molar-refractivity contribution in [3.8, 4) is 0 Å². The molecule has 4 heteroatoms. The van der Waals surface area contributed by atoms with Gasteiger partial charge in [-0.1, -0.05) is 50.4 Å². The zero-order valence-electron chi connectivity index (χ0n) is 12.9. The van der Waals surface area contributed by atoms with Gasteiger partial charge >= 0.3 is 6.03 Å². The summed E-state index contributed by atoms with van der Waals surface area (Å²) in [5, 5.41) is 3.52. The van der Waals surface area contributed by atoms with E-state index in [9.17, 15) is 4.79 Å². The van der Waals surface area contributed by atoms with Crippen LogP contribution >= 0.6 is 11.6 Å². The van der Waals surface area contributed by atoms with Crippen LogP contribution in [0.25, 0.3) is 6.08 Å². The molecule has 2 amide bonds. The van der Waals surface area contributed by atoms with Gasteiger partial charge in [-0.2, -0.15) is 0 Å². The Balaban J connectivity index is 2.51. The summed E-state index contributed by atoms with van der Waals surface area (Å²) in [6.45, 7) is 5.89. The number of unbranched alkanes of at least 4 members (excludes halogenated alkanes) is 2. The Morgan fingerprint density at radius 2 is 1.90 bits per heavy atom. The number of carbonyl (C=O) groups is 1. The molecule has 0 saturated heterocycles. The highest BCUT2D eigenvalue weighted by Crippen LogP contribution is 2.11. The van der Waals surface area contributed by atoms with Crippen LogP contribution in [-0.2, 0) is 0 Å². The number of nitrogens with one attached hydrogen (secondary N) is 1. The van der Waals surface area contributed by atoms with Gasteiger partial charge in [0.15, 0.2) is 0 Å². The average molecular weight is 309 g/mol. The molecule has 0 aliphatic carbocycles. The summed E-state index contributed by atoms with van der Waals surface area (Å²) in [7, 11) is 0. The molecule has 0 heterocycles. The Hall–Kier alpha value is -1.48. The average Bonchev–Trinajstić information content (AvgIpc) is 2.47. The Morgan fingerprint density at radius 1 is 1.24 bits per heavy atom. The fourth-order valence-electron chi connectivity index (χ4n) is 1.92. The van der Waals surface area contributed by atoms with Crippen LogP contribution in [0.1, 0.15) is 45.1 Å². The van der Waals surface area contributed by atoms with Gasteiger partial charge in [-0.3, -0.25) is 0 Å². The second kappa shape index (κ2) is 10.3. The van der Waals surface area contributed by atoms with Crippen molar-refractivity contribution in [2.45, 2.75) is 39.5 Å². The van der Waals surface area contributed by atoms with E-state index in [-0.39, 0.29) is 6.03 Å². The van der Waals surface area contributed by atoms with Crippen LogP contribution in [0.15, 0.2) is 30.5 Å². The largest absolute Gasteiger partial charge is 0.325 e. The van der Waals surface area contributed by atoms with Crippen LogP contribution < -0.4 is 5.32 Å². The van der Waals surface area contributed by atoms with Crippen molar-refractivity contribution in [1.29, 1.82) is 0 Å². The molecule has 0 atom stereocenters. The molecule has 0 radical (unpaired) electrons. The van der Waals surface area contributed by atoms with Gasteiger partial charge in [0.2, 0.25) is 0 Å². The molecular weight excluding hydrogens is 284 g/mol. The highest BCUT2D eigenvalue weighted by molar-refractivity contribution is 6.30. The minimum Gasteiger partial charge on any atom is -0.325 e. The van der Waals surface area contributed by atoms with E-state index in [1.807, 2.05) is 35.2 Å². The van der Waals surface area contributed by atoms with Crippen molar-refractivity contribution < 1.29 is 4.79 Å². The standard InChI is InChI=1S/C17H25ClN2O/c1-3-5-12-20(13-6-4-2)17(21)19-11-10-15-8-7-9-16(18)14-15/h7-11,14H,3-6,12-13H2,1-2H3,(H,19,21)/b11-10+. The second-order valence-corrected chi connectivity index (χ2v) is 5.47. The molecule has 0 fully saturated rings. The molecule has 0 spiro atoms. The molecule has 21 heavy (non-hydrogen) atoms. The third-order valence-electron chi connectivity index (χ3n) is 3.18. The lowest BCUT2D eigenvalue weighted by atomic mass is 10.2. The van der Waals surface area contributed by atoms with Crippen molar-refractivity contribution in [1.82, 2.24) is 10.2 Å². The van der Waals surface area contributed by atoms with E-state index >= 15 is 0 Å². The highest BCUT2D eigenvalue weighted by Gasteiger charge is 2.10. The molecule has 0 bridgehead atoms. The smallest absolute Gasteiger partial charge is 0.321 e. The lowest BCUT2D eigenvalue weighted by molar-refractivity contribution is 0.200. The maximum Gasteiger partial charge on any atom is 0.321 e. The molecule has 0 unspecified atom stereocenters. The predicted molar refractivity (Wildman–Crippen MR) is 90.4 cm³/mol. The molecule has 1 N–H and O–H groups in total. The van der Waals surface area contributed by atoms with E-state index in [0.717, 1.165) is 44.3 Å². The minimum atomic E-state index is -0.0322. The van der Waals surface area contributed by atoms with Gasteiger partial charge in [-0.15, -0.1) is 0 Å². The first-order chi connectivity index (χ1) is 10.2. The summed E-state index contributed by atoms with van der Waals surface area (Å²) in [4.78, 5) is 14.0. The molecule has 1 aromatic rings. The number of benzene rings is 1. The predicted octanol–water partition coefficient (Wildman–Crippen LogP) is 4.92. The van der Waals surface area contributed by atoms with Gasteiger partial charge in [0.1, 0.15) is 0 Å². The summed E-state index contributed by atoms with van der Waals surface area (Å²) in [6, 6.07) is 7.49. The van der Waals surface area contributed by atoms with Gasteiger partial charge in [0.05, 0.1) is 0 Å². The third-order valence-corrected chi connectivity index (χ3v) is 3.42. The van der Waals surface area contributed by atoms with Gasteiger partial charge in [0, 0.05) is 24.3 Å². The molecule has 1 aromatic carbocycles. The van der Waals surface area contributed by atoms with E-state index in [0.29, 0.717) is 5.02 Å². The molecule has 0 aliphatic rings. The van der Waals surface area contributed by atoms with Crippen molar-refractivity contribution in [3.63, 3.8) is 0 Å². The first kappa shape index (κ1) is 17.6. The zero-order valence-corrected chi connectivity index (χ0v) is 13.7. The number of hydrogen-bond acceptors (Lipinski definition) is 1. The van der Waals surface area contributed by atoms with E-state index in [1.165, 1.54) is 0 Å². The fourth-order valence-corrected chi connectivity index (χ4v) is 2.12. The number of urea groups is 1. The molecule has 116 valence electrons. The Labute approximate surface area is 133 Å². The molecule has 1 rings (SSSR count). The SMILES string of the molecule is CCCCN(CCCC)C(=O)N/C=C/c1cccc(Cl)c1. The quantitative estimate of drug-likeness (QED) is 0.726. The van der Waals surface area contributed by atoms with Crippen molar-refractivity contribution in [2.75, 3.05) is 13.1 Å². The molecule has 0 aromatic heterocycles. The number of carbonyl (C=O) groups excluding carboxylic acids is 1. The van der Waals surface area contributed by atoms with Crippen molar-refractivity contribution >= 4 is 23.7 Å². The first-order valence-electron chi connectivity index (χ1n) is 7.65. The summed E-state index contributed by atoms with van der Waals surface area (Å²) in [6.07, 6.45) is 7.79. The van der Waals surface area contributed by atoms with Crippen LogP contribution in [0.3, 0.4) is 0 Å². The van der Waals surface area contributed by atoms with E-state index < -0.39 is 0 Å². The van der Waals surface area contributed by atoms with Gasteiger partial charge in [-0.05, 0) is 36.6 Å². The summed E-state index contributed by atoms with van der Waals surface area (Å²) < 4.78 is 0. The monoisotopic (exact) mass is 308 g/mol. The highest BCUT2D eigenvalue weighted by atomic mass is 35.5. The number of amides is 2. The molecular formula is C17H25ClN2O. The van der Waals surface area contributed by atoms with Crippen molar-refractivity contribution in [2.24, 2.45) is 0 Å². The summed E-state index contributed by atoms with van der Waals surface area (Å²) in [5.41, 5.74) is 0.969. The normalized spacial score (nSPS) is 10.8. The van der Waals surface area contributed by atoms with Crippen molar-refractivity contribution in [3.05, 3.63) is 41.1 Å². The van der Waals surface area contributed by atoms with Crippen LogP contribution in [-0.4, -0.2) is 24.0 Å². The van der Waals surface area contributed by atoms with E-state index in [1.54, 1.807) is 6.20 Å². The number of halogens is 1. The molecule has 0 aliphatic heterocycles. The first-order valence-corrected chi connectivity index (χ1v) is 8.02. The van der Waals surface area contributed by atoms with Crippen LogP contribution in [0.5, 0.6) is 0 Å². The van der Waals surface area contributed by atoms with Gasteiger partial charge < -0.3 is 10.2 Å². The Morgan fingerprint density at radius 3 is 2.48 bits per heavy atom. The van der Waals surface area contributed by atoms with Gasteiger partial charge in [-0.25, -0.2) is 4.79 Å². The Kier molecular flexibility index (Phi) is 8.60. The van der Waals surface area contributed by atoms with E-state index in [2.05, 4.69) is 19.2 Å². The van der Waals surface area contributed by atoms with Gasteiger partial charge in [0.25, 0.3) is 0 Å². The fraction of sp³-hybridized carbons (Fsp3) is 0.471. The molecule has 3 nitrogen and oxygen atoms in total. The Bertz CT molecular complexity index is 452. The molecule has 0 saturated carbocycles. The van der Waals surface area contributed by atoms with Crippen LogP contribution in [0, 0.1) is 0 Å². The lowest BCUT2D eigenvalue weighted by Crippen LogP contribution is -2.38. The lowest BCUT2D eigenvalue weighted by Gasteiger charge is -2.21. The second-order valence-electron chi connectivity index (χ2n) is 5.03. The summed E-state index contributed by atoms with van der Waals surface area (Å²) >= 11 is 5.92. The number of rotatable bonds is 8. The topological polar surface area (TPSA) is 32.3 Å². The van der Waals surface area contributed by atoms with E-state index in [4.69, 9.17) is 11.6 Å². The summed E-state index contributed by atoms with van der Waals surface area (Å²) in [5.74, 6) is 0. The minimum absolute atomic E-state index is 0.0322. The zero-order chi connectivity index (χ0) is 15.5. The number of nitrogens with zero attached hydrogens (tertiary/aromatic N) is 1.